The van der Waals surface area contributed by atoms with Crippen LogP contribution in [0, 0.1) is 5.92 Å². The third-order valence-corrected chi connectivity index (χ3v) is 4.05. The first kappa shape index (κ1) is 13.6. The lowest BCUT2D eigenvalue weighted by Gasteiger charge is -2.34. The van der Waals surface area contributed by atoms with Crippen molar-refractivity contribution < 1.29 is 9.53 Å². The van der Waals surface area contributed by atoms with Crippen molar-refractivity contribution in [1.82, 2.24) is 14.8 Å². The molecule has 3 rings (SSSR count). The van der Waals surface area contributed by atoms with Crippen LogP contribution in [0.1, 0.15) is 23.2 Å². The molecule has 1 aromatic heterocycles. The van der Waals surface area contributed by atoms with Crippen LogP contribution in [-0.4, -0.2) is 66.6 Å². The van der Waals surface area contributed by atoms with Crippen LogP contribution in [-0.2, 0) is 4.74 Å². The minimum atomic E-state index is 0.101. The van der Waals surface area contributed by atoms with Crippen molar-refractivity contribution in [1.29, 1.82) is 0 Å². The number of amides is 1. The van der Waals surface area contributed by atoms with Crippen molar-refractivity contribution in [2.75, 3.05) is 39.8 Å². The highest BCUT2D eigenvalue weighted by molar-refractivity contribution is 5.94. The molecule has 5 heteroatoms. The molecule has 1 aliphatic heterocycles. The van der Waals surface area contributed by atoms with Gasteiger partial charge in [-0.1, -0.05) is 0 Å². The smallest absolute Gasteiger partial charge is 0.255 e. The van der Waals surface area contributed by atoms with E-state index in [1.54, 1.807) is 12.4 Å². The van der Waals surface area contributed by atoms with E-state index in [2.05, 4.69) is 16.9 Å². The van der Waals surface area contributed by atoms with Gasteiger partial charge >= 0.3 is 0 Å². The molecule has 2 aliphatic rings. The van der Waals surface area contributed by atoms with Crippen LogP contribution in [0.25, 0.3) is 0 Å². The number of rotatable bonds is 5. The summed E-state index contributed by atoms with van der Waals surface area (Å²) in [6.45, 7) is 4.09. The van der Waals surface area contributed by atoms with E-state index in [-0.39, 0.29) is 12.0 Å². The highest BCUT2D eigenvalue weighted by Gasteiger charge is 2.28. The Bertz CT molecular complexity index is 442. The summed E-state index contributed by atoms with van der Waals surface area (Å²) in [7, 11) is 2.15. The van der Waals surface area contributed by atoms with Gasteiger partial charge in [-0.3, -0.25) is 4.79 Å². The highest BCUT2D eigenvalue weighted by Crippen LogP contribution is 2.29. The predicted octanol–water partition coefficient (Wildman–Crippen LogP) is 1.20. The highest BCUT2D eigenvalue weighted by atomic mass is 16.5. The number of hydrogen-bond donors (Lipinski definition) is 1. The van der Waals surface area contributed by atoms with Gasteiger partial charge in [0.15, 0.2) is 0 Å². The monoisotopic (exact) mass is 277 g/mol. The van der Waals surface area contributed by atoms with Crippen LogP contribution >= 0.6 is 0 Å². The van der Waals surface area contributed by atoms with E-state index in [4.69, 9.17) is 4.74 Å². The average Bonchev–Trinajstić information content (AvgIpc) is 3.08. The fourth-order valence-electron chi connectivity index (χ4n) is 2.82. The van der Waals surface area contributed by atoms with Crippen molar-refractivity contribution in [3.05, 3.63) is 24.0 Å². The summed E-state index contributed by atoms with van der Waals surface area (Å²) in [6, 6.07) is 1.83. The molecule has 0 radical (unpaired) electrons. The lowest BCUT2D eigenvalue weighted by Crippen LogP contribution is -2.49. The fourth-order valence-corrected chi connectivity index (χ4v) is 2.82. The number of ether oxygens (including phenoxy) is 1. The van der Waals surface area contributed by atoms with Gasteiger partial charge in [0.25, 0.3) is 5.91 Å². The lowest BCUT2D eigenvalue weighted by molar-refractivity contribution is -0.0333. The molecule has 0 unspecified atom stereocenters. The molecule has 2 heterocycles. The lowest BCUT2D eigenvalue weighted by atomic mass is 10.2. The molecule has 0 bridgehead atoms. The molecule has 1 aromatic rings. The van der Waals surface area contributed by atoms with Gasteiger partial charge in [-0.2, -0.15) is 0 Å². The first-order valence-corrected chi connectivity index (χ1v) is 7.44. The molecule has 1 saturated carbocycles. The summed E-state index contributed by atoms with van der Waals surface area (Å²) >= 11 is 0. The average molecular weight is 277 g/mol. The van der Waals surface area contributed by atoms with Crippen molar-refractivity contribution in [2.24, 2.45) is 5.92 Å². The SMILES string of the molecule is CN(CC1CC1)C[C@H]1CN(C(=O)c2cc[nH]c2)CCO1. The summed E-state index contributed by atoms with van der Waals surface area (Å²) < 4.78 is 5.80. The van der Waals surface area contributed by atoms with Gasteiger partial charge in [-0.05, 0) is 31.9 Å². The maximum absolute atomic E-state index is 12.3. The number of H-pyrrole nitrogens is 1. The molecular weight excluding hydrogens is 254 g/mol. The second-order valence-corrected chi connectivity index (χ2v) is 6.01. The van der Waals surface area contributed by atoms with Crippen molar-refractivity contribution in [2.45, 2.75) is 18.9 Å². The Morgan fingerprint density at radius 3 is 3.05 bits per heavy atom. The Hall–Kier alpha value is -1.33. The van der Waals surface area contributed by atoms with Crippen LogP contribution in [0.4, 0.5) is 0 Å². The Morgan fingerprint density at radius 2 is 2.35 bits per heavy atom. The molecule has 110 valence electrons. The molecule has 0 aromatic carbocycles. The third-order valence-electron chi connectivity index (χ3n) is 4.05. The molecule has 5 nitrogen and oxygen atoms in total. The number of nitrogens with zero attached hydrogens (tertiary/aromatic N) is 2. The number of carbonyl (C=O) groups is 1. The molecular formula is C15H23N3O2. The summed E-state index contributed by atoms with van der Waals surface area (Å²) in [5, 5.41) is 0. The molecule has 1 atom stereocenters. The quantitative estimate of drug-likeness (QED) is 0.880. The maximum atomic E-state index is 12.3. The zero-order chi connectivity index (χ0) is 13.9. The summed E-state index contributed by atoms with van der Waals surface area (Å²) in [6.07, 6.45) is 6.41. The summed E-state index contributed by atoms with van der Waals surface area (Å²) in [4.78, 5) is 19.5. The van der Waals surface area contributed by atoms with E-state index in [1.165, 1.54) is 12.8 Å². The number of aromatic nitrogens is 1. The van der Waals surface area contributed by atoms with Gasteiger partial charge in [0.05, 0.1) is 18.3 Å². The van der Waals surface area contributed by atoms with Gasteiger partial charge in [0.1, 0.15) is 0 Å². The largest absolute Gasteiger partial charge is 0.373 e. The standard InChI is InChI=1S/C15H23N3O2/c1-17(9-12-2-3-12)10-14-11-18(6-7-20-14)15(19)13-4-5-16-8-13/h4-5,8,12,14,16H,2-3,6-7,9-11H2,1H3/t14-/m0/s1. The van der Waals surface area contributed by atoms with Crippen LogP contribution < -0.4 is 0 Å². The molecule has 1 aliphatic carbocycles. The van der Waals surface area contributed by atoms with Crippen LogP contribution in [0.15, 0.2) is 18.5 Å². The van der Waals surface area contributed by atoms with Crippen LogP contribution in [0.3, 0.4) is 0 Å². The second-order valence-electron chi connectivity index (χ2n) is 6.01. The van der Waals surface area contributed by atoms with Gasteiger partial charge < -0.3 is 19.5 Å². The first-order chi connectivity index (χ1) is 9.72. The number of nitrogens with one attached hydrogen (secondary N) is 1. The topological polar surface area (TPSA) is 48.6 Å². The molecule has 1 N–H and O–H groups in total. The van der Waals surface area contributed by atoms with Gasteiger partial charge in [-0.15, -0.1) is 0 Å². The Kier molecular flexibility index (Phi) is 4.08. The van der Waals surface area contributed by atoms with Crippen molar-refractivity contribution in [3.8, 4) is 0 Å². The minimum Gasteiger partial charge on any atom is -0.373 e. The Morgan fingerprint density at radius 1 is 1.50 bits per heavy atom. The van der Waals surface area contributed by atoms with Crippen LogP contribution in [0.5, 0.6) is 0 Å². The number of aromatic amines is 1. The van der Waals surface area contributed by atoms with E-state index in [0.29, 0.717) is 19.7 Å². The minimum absolute atomic E-state index is 0.101. The Labute approximate surface area is 119 Å². The normalized spacial score (nSPS) is 23.3. The van der Waals surface area contributed by atoms with Gasteiger partial charge in [0.2, 0.25) is 0 Å². The van der Waals surface area contributed by atoms with Crippen LogP contribution in [0.2, 0.25) is 0 Å². The van der Waals surface area contributed by atoms with E-state index in [0.717, 1.165) is 24.6 Å². The van der Waals surface area contributed by atoms with Crippen molar-refractivity contribution in [3.63, 3.8) is 0 Å². The van der Waals surface area contributed by atoms with E-state index in [1.807, 2.05) is 11.0 Å². The van der Waals surface area contributed by atoms with E-state index >= 15 is 0 Å². The van der Waals surface area contributed by atoms with E-state index < -0.39 is 0 Å². The van der Waals surface area contributed by atoms with E-state index in [9.17, 15) is 4.79 Å². The summed E-state index contributed by atoms with van der Waals surface area (Å²) in [5.41, 5.74) is 0.733. The van der Waals surface area contributed by atoms with Gasteiger partial charge in [0, 0.05) is 38.6 Å². The molecule has 20 heavy (non-hydrogen) atoms. The number of likely N-dealkylation sites (N-methyl/N-ethyl adjacent to an activating group) is 1. The van der Waals surface area contributed by atoms with Gasteiger partial charge in [-0.25, -0.2) is 0 Å². The fraction of sp³-hybridized carbons (Fsp3) is 0.667. The first-order valence-electron chi connectivity index (χ1n) is 7.44. The zero-order valence-electron chi connectivity index (χ0n) is 12.0. The maximum Gasteiger partial charge on any atom is 0.255 e. The summed E-state index contributed by atoms with van der Waals surface area (Å²) in [5.74, 6) is 0.991. The predicted molar refractivity (Wildman–Crippen MR) is 76.7 cm³/mol. The number of hydrogen-bond acceptors (Lipinski definition) is 3. The second kappa shape index (κ2) is 5.97. The molecule has 2 fully saturated rings. The number of morpholine rings is 1. The third kappa shape index (κ3) is 3.41. The number of carbonyl (C=O) groups excluding carboxylic acids is 1. The Balaban J connectivity index is 1.51. The molecule has 1 saturated heterocycles. The van der Waals surface area contributed by atoms with Crippen molar-refractivity contribution >= 4 is 5.91 Å². The molecule has 1 amide bonds. The molecule has 0 spiro atoms. The zero-order valence-corrected chi connectivity index (χ0v) is 12.0.